The van der Waals surface area contributed by atoms with Crippen LogP contribution >= 0.6 is 0 Å². The molecule has 3 aliphatic rings. The summed E-state index contributed by atoms with van der Waals surface area (Å²) in [5.74, 6) is -1.70. The summed E-state index contributed by atoms with van der Waals surface area (Å²) in [5, 5.41) is 15.1. The minimum atomic E-state index is -5.13. The van der Waals surface area contributed by atoms with E-state index < -0.39 is 57.3 Å². The number of hydrogen-bond acceptors (Lipinski definition) is 5. The van der Waals surface area contributed by atoms with Crippen LogP contribution in [0.1, 0.15) is 96.5 Å². The summed E-state index contributed by atoms with van der Waals surface area (Å²) in [6.45, 7) is 2.07. The average Bonchev–Trinajstić information content (AvgIpc) is 2.95. The first-order valence-electron chi connectivity index (χ1n) is 15.7. The van der Waals surface area contributed by atoms with E-state index in [0.29, 0.717) is 17.4 Å². The summed E-state index contributed by atoms with van der Waals surface area (Å²) in [6.07, 6.45) is 12.4. The smallest absolute Gasteiger partial charge is 0.405 e. The van der Waals surface area contributed by atoms with E-state index in [1.54, 1.807) is 30.3 Å². The van der Waals surface area contributed by atoms with E-state index >= 15 is 0 Å². The maximum atomic E-state index is 14.1. The number of halogens is 4. The van der Waals surface area contributed by atoms with Crippen LogP contribution in [0.25, 0.3) is 5.57 Å². The number of alkyl halides is 4. The number of benzene rings is 1. The number of carboxylic acid groups (broad SMARTS) is 1. The molecular formula is C33H48F4N2O4S. The van der Waals surface area contributed by atoms with Gasteiger partial charge in [-0.15, -0.1) is 0 Å². The van der Waals surface area contributed by atoms with Crippen molar-refractivity contribution in [2.45, 2.75) is 132 Å². The monoisotopic (exact) mass is 644 g/mol. The number of rotatable bonds is 10. The van der Waals surface area contributed by atoms with E-state index in [2.05, 4.69) is 5.32 Å². The van der Waals surface area contributed by atoms with Crippen molar-refractivity contribution in [3.05, 3.63) is 54.1 Å². The van der Waals surface area contributed by atoms with Crippen molar-refractivity contribution < 1.29 is 35.9 Å². The van der Waals surface area contributed by atoms with Crippen LogP contribution in [0.5, 0.6) is 0 Å². The lowest BCUT2D eigenvalue weighted by Crippen LogP contribution is -2.64. The Morgan fingerprint density at radius 1 is 0.955 bits per heavy atom. The average molecular weight is 645 g/mol. The van der Waals surface area contributed by atoms with Crippen molar-refractivity contribution in [3.63, 3.8) is 0 Å². The molecule has 0 radical (unpaired) electrons. The van der Waals surface area contributed by atoms with Gasteiger partial charge in [-0.1, -0.05) is 87.1 Å². The SMILES string of the molecule is C1CCC(NC2CCCCC2)CC1.CC(C)(F)C[C@H](N[C@@H](C(F)(F)F)C1(S(C)(=O)=O)C=CC(c2ccccc2)=CC1)C(=O)O. The van der Waals surface area contributed by atoms with Gasteiger partial charge in [0, 0.05) is 24.8 Å². The second kappa shape index (κ2) is 15.4. The van der Waals surface area contributed by atoms with Gasteiger partial charge < -0.3 is 10.4 Å². The first-order chi connectivity index (χ1) is 20.5. The minimum Gasteiger partial charge on any atom is -0.480 e. The largest absolute Gasteiger partial charge is 0.480 e. The number of carbonyl (C=O) groups is 1. The third-order valence-electron chi connectivity index (χ3n) is 8.84. The molecule has 0 saturated heterocycles. The van der Waals surface area contributed by atoms with Gasteiger partial charge in [-0.2, -0.15) is 13.2 Å². The van der Waals surface area contributed by atoms with Crippen LogP contribution in [0.4, 0.5) is 17.6 Å². The maximum absolute atomic E-state index is 14.1. The highest BCUT2D eigenvalue weighted by Gasteiger charge is 2.59. The Morgan fingerprint density at radius 3 is 1.86 bits per heavy atom. The molecule has 6 nitrogen and oxygen atoms in total. The Kier molecular flexibility index (Phi) is 12.7. The van der Waals surface area contributed by atoms with Gasteiger partial charge in [-0.05, 0) is 57.1 Å². The fourth-order valence-electron chi connectivity index (χ4n) is 6.47. The van der Waals surface area contributed by atoms with Gasteiger partial charge in [0.1, 0.15) is 22.5 Å². The summed E-state index contributed by atoms with van der Waals surface area (Å²) >= 11 is 0. The van der Waals surface area contributed by atoms with Gasteiger partial charge in [-0.3, -0.25) is 10.1 Å². The Labute approximate surface area is 259 Å². The van der Waals surface area contributed by atoms with Crippen LogP contribution in [-0.2, 0) is 14.6 Å². The second-order valence-corrected chi connectivity index (χ2v) is 15.4. The molecule has 2 fully saturated rings. The molecule has 1 aromatic carbocycles. The standard InChI is InChI=1S/C21H25F4NO4S.C12H23N/c1-19(2,22)13-16(17(27)28)26-18(21(23,24)25)20(31(3,29)30)11-9-15(10-12-20)14-7-5-4-6-8-14;1-3-7-11(8-4-1)13-12-9-5-2-6-10-12/h4-11,16,18,26H,12-13H2,1-3H3,(H,27,28);11-13H,1-10H2/t16-,18+,20?;/m0./s1. The predicted octanol–water partition coefficient (Wildman–Crippen LogP) is 7.17. The highest BCUT2D eigenvalue weighted by atomic mass is 32.2. The summed E-state index contributed by atoms with van der Waals surface area (Å²) < 4.78 is 79.1. The molecule has 0 aliphatic heterocycles. The molecule has 3 aliphatic carbocycles. The number of hydrogen-bond donors (Lipinski definition) is 3. The summed E-state index contributed by atoms with van der Waals surface area (Å²) in [6, 6.07) is 5.73. The molecule has 0 amide bonds. The Balaban J connectivity index is 0.000000335. The normalized spacial score (nSPS) is 23.7. The highest BCUT2D eigenvalue weighted by molar-refractivity contribution is 7.92. The third-order valence-corrected chi connectivity index (χ3v) is 10.8. The molecule has 11 heteroatoms. The number of carboxylic acids is 1. The molecule has 0 aromatic heterocycles. The van der Waals surface area contributed by atoms with Crippen LogP contribution in [0, 0.1) is 0 Å². The van der Waals surface area contributed by atoms with Crippen LogP contribution < -0.4 is 10.6 Å². The molecule has 1 aromatic rings. The zero-order valence-corrected chi connectivity index (χ0v) is 26.8. The number of aliphatic carboxylic acids is 1. The third kappa shape index (κ3) is 10.4. The number of allylic oxidation sites excluding steroid dienone is 3. The number of nitrogens with one attached hydrogen (secondary N) is 2. The first kappa shape index (κ1) is 36.2. The van der Waals surface area contributed by atoms with Crippen molar-refractivity contribution in [3.8, 4) is 0 Å². The minimum absolute atomic E-state index is 0.533. The van der Waals surface area contributed by atoms with Crippen molar-refractivity contribution in [2.75, 3.05) is 6.26 Å². The van der Waals surface area contributed by atoms with Gasteiger partial charge in [0.25, 0.3) is 0 Å². The Morgan fingerprint density at radius 2 is 1.48 bits per heavy atom. The summed E-state index contributed by atoms with van der Waals surface area (Å²) in [5.41, 5.74) is -0.854. The molecule has 0 bridgehead atoms. The molecule has 1 unspecified atom stereocenters. The van der Waals surface area contributed by atoms with Gasteiger partial charge in [0.2, 0.25) is 0 Å². The van der Waals surface area contributed by atoms with Crippen molar-refractivity contribution in [1.82, 2.24) is 10.6 Å². The van der Waals surface area contributed by atoms with Crippen LogP contribution in [-0.4, -0.2) is 66.5 Å². The Bertz CT molecular complexity index is 1220. The van der Waals surface area contributed by atoms with Crippen LogP contribution in [0.3, 0.4) is 0 Å². The highest BCUT2D eigenvalue weighted by Crippen LogP contribution is 2.41. The fraction of sp³-hybridized carbons (Fsp3) is 0.667. The van der Waals surface area contributed by atoms with E-state index in [-0.39, 0.29) is 0 Å². The van der Waals surface area contributed by atoms with E-state index in [0.717, 1.165) is 32.0 Å². The molecule has 0 heterocycles. The lowest BCUT2D eigenvalue weighted by atomic mass is 9.86. The second-order valence-electron chi connectivity index (χ2n) is 13.1. The van der Waals surface area contributed by atoms with E-state index in [9.17, 15) is 35.9 Å². The summed E-state index contributed by atoms with van der Waals surface area (Å²) in [7, 11) is -4.39. The first-order valence-corrected chi connectivity index (χ1v) is 17.6. The van der Waals surface area contributed by atoms with Crippen LogP contribution in [0.15, 0.2) is 48.6 Å². The van der Waals surface area contributed by atoms with Crippen LogP contribution in [0.2, 0.25) is 0 Å². The molecule has 44 heavy (non-hydrogen) atoms. The van der Waals surface area contributed by atoms with E-state index in [1.165, 1.54) is 76.4 Å². The van der Waals surface area contributed by atoms with E-state index in [1.807, 2.05) is 5.32 Å². The molecule has 3 atom stereocenters. The fourth-order valence-corrected chi connectivity index (χ4v) is 7.80. The van der Waals surface area contributed by atoms with Gasteiger partial charge in [0.05, 0.1) is 0 Å². The zero-order chi connectivity index (χ0) is 32.6. The van der Waals surface area contributed by atoms with Gasteiger partial charge in [0.15, 0.2) is 9.84 Å². The van der Waals surface area contributed by atoms with Crippen molar-refractivity contribution >= 4 is 21.4 Å². The molecular weight excluding hydrogens is 596 g/mol. The quantitative estimate of drug-likeness (QED) is 0.234. The lowest BCUT2D eigenvalue weighted by molar-refractivity contribution is -0.167. The molecule has 4 rings (SSSR count). The van der Waals surface area contributed by atoms with E-state index in [4.69, 9.17) is 0 Å². The topological polar surface area (TPSA) is 95.5 Å². The summed E-state index contributed by atoms with van der Waals surface area (Å²) in [4.78, 5) is 11.5. The maximum Gasteiger partial charge on any atom is 0.405 e. The lowest BCUT2D eigenvalue weighted by Gasteiger charge is -2.41. The molecule has 0 spiro atoms. The molecule has 3 N–H and O–H groups in total. The number of sulfone groups is 1. The van der Waals surface area contributed by atoms with Crippen molar-refractivity contribution in [1.29, 1.82) is 0 Å². The van der Waals surface area contributed by atoms with Gasteiger partial charge >= 0.3 is 12.1 Å². The Hall–Kier alpha value is -2.24. The molecule has 248 valence electrons. The van der Waals surface area contributed by atoms with Gasteiger partial charge in [-0.25, -0.2) is 12.8 Å². The van der Waals surface area contributed by atoms with Crippen molar-refractivity contribution in [2.24, 2.45) is 0 Å². The predicted molar refractivity (Wildman–Crippen MR) is 167 cm³/mol. The zero-order valence-electron chi connectivity index (χ0n) is 26.0. The molecule has 2 saturated carbocycles.